The first kappa shape index (κ1) is 18.0. The van der Waals surface area contributed by atoms with Crippen molar-refractivity contribution in [2.75, 3.05) is 0 Å². The number of hydrogen-bond acceptors (Lipinski definition) is 4. The van der Waals surface area contributed by atoms with Gasteiger partial charge in [0.15, 0.2) is 5.69 Å². The van der Waals surface area contributed by atoms with Gasteiger partial charge in [-0.2, -0.15) is 13.2 Å². The van der Waals surface area contributed by atoms with Crippen molar-refractivity contribution in [3.63, 3.8) is 0 Å². The number of carbonyl (C=O) groups excluding carboxylic acids is 1. The van der Waals surface area contributed by atoms with E-state index in [-0.39, 0.29) is 24.0 Å². The van der Waals surface area contributed by atoms with Crippen LogP contribution in [0.15, 0.2) is 34.9 Å². The van der Waals surface area contributed by atoms with Crippen LogP contribution in [0.25, 0.3) is 0 Å². The quantitative estimate of drug-likeness (QED) is 0.874. The highest BCUT2D eigenvalue weighted by Crippen LogP contribution is 2.29. The van der Waals surface area contributed by atoms with Crippen molar-refractivity contribution < 1.29 is 22.4 Å². The Kier molecular flexibility index (Phi) is 5.28. The van der Waals surface area contributed by atoms with Gasteiger partial charge in [0, 0.05) is 6.54 Å². The number of alkyl halides is 3. The van der Waals surface area contributed by atoms with Gasteiger partial charge in [-0.3, -0.25) is 4.79 Å². The summed E-state index contributed by atoms with van der Waals surface area (Å²) in [5, 5.41) is 2.57. The molecule has 1 atom stereocenters. The number of aromatic nitrogens is 1. The van der Waals surface area contributed by atoms with Crippen molar-refractivity contribution in [1.82, 2.24) is 10.3 Å². The van der Waals surface area contributed by atoms with Crippen LogP contribution in [0.2, 0.25) is 0 Å². The molecule has 5 nitrogen and oxygen atoms in total. The minimum atomic E-state index is -4.38. The zero-order valence-electron chi connectivity index (χ0n) is 13.2. The molecular weight excluding hydrogens is 323 g/mol. The van der Waals surface area contributed by atoms with Gasteiger partial charge in [0.05, 0.1) is 11.6 Å². The van der Waals surface area contributed by atoms with E-state index < -0.39 is 23.7 Å². The van der Waals surface area contributed by atoms with E-state index in [2.05, 4.69) is 10.3 Å². The molecule has 0 aliphatic rings. The smallest absolute Gasteiger partial charge is 0.416 e. The van der Waals surface area contributed by atoms with Crippen LogP contribution in [0.1, 0.15) is 47.4 Å². The van der Waals surface area contributed by atoms with Crippen LogP contribution in [-0.4, -0.2) is 10.9 Å². The molecule has 2 aromatic rings. The van der Waals surface area contributed by atoms with Crippen LogP contribution < -0.4 is 11.1 Å². The number of carbonyl (C=O) groups is 1. The molecule has 0 saturated heterocycles. The first-order valence-corrected chi connectivity index (χ1v) is 7.34. The van der Waals surface area contributed by atoms with E-state index in [1.807, 2.05) is 13.8 Å². The molecule has 0 bridgehead atoms. The average Bonchev–Trinajstić information content (AvgIpc) is 3.01. The van der Waals surface area contributed by atoms with Crippen LogP contribution in [-0.2, 0) is 12.7 Å². The Bertz CT molecular complexity index is 693. The number of oxazole rings is 1. The summed E-state index contributed by atoms with van der Waals surface area (Å²) in [6.07, 6.45) is -3.17. The number of nitrogens with one attached hydrogen (secondary N) is 1. The van der Waals surface area contributed by atoms with Gasteiger partial charge in [0.2, 0.25) is 5.89 Å². The molecule has 0 saturated carbocycles. The maximum atomic E-state index is 12.5. The molecule has 0 fully saturated rings. The van der Waals surface area contributed by atoms with E-state index >= 15 is 0 Å². The lowest BCUT2D eigenvalue weighted by Crippen LogP contribution is -2.23. The molecule has 1 aromatic carbocycles. The van der Waals surface area contributed by atoms with Gasteiger partial charge in [-0.1, -0.05) is 26.0 Å². The molecule has 0 spiro atoms. The summed E-state index contributed by atoms with van der Waals surface area (Å²) < 4.78 is 42.6. The van der Waals surface area contributed by atoms with E-state index in [0.717, 1.165) is 12.1 Å². The molecule has 1 aromatic heterocycles. The highest BCUT2D eigenvalue weighted by Gasteiger charge is 2.29. The Morgan fingerprint density at radius 1 is 1.29 bits per heavy atom. The highest BCUT2D eigenvalue weighted by molar-refractivity contribution is 5.91. The minimum Gasteiger partial charge on any atom is -0.446 e. The Morgan fingerprint density at radius 2 is 1.92 bits per heavy atom. The topological polar surface area (TPSA) is 81.1 Å². The van der Waals surface area contributed by atoms with Crippen molar-refractivity contribution in [3.05, 3.63) is 53.2 Å². The molecule has 130 valence electrons. The van der Waals surface area contributed by atoms with Gasteiger partial charge >= 0.3 is 6.18 Å². The number of halogens is 3. The second kappa shape index (κ2) is 7.04. The van der Waals surface area contributed by atoms with E-state index in [0.29, 0.717) is 5.56 Å². The van der Waals surface area contributed by atoms with E-state index in [9.17, 15) is 18.0 Å². The van der Waals surface area contributed by atoms with Crippen molar-refractivity contribution in [1.29, 1.82) is 0 Å². The summed E-state index contributed by atoms with van der Waals surface area (Å²) in [6, 6.07) is 4.15. The fourth-order valence-electron chi connectivity index (χ4n) is 1.91. The number of hydrogen-bond donors (Lipinski definition) is 2. The molecule has 2 rings (SSSR count). The number of rotatable bonds is 5. The van der Waals surface area contributed by atoms with E-state index in [4.69, 9.17) is 10.2 Å². The molecular formula is C16H18F3N3O2. The normalized spacial score (nSPS) is 13.1. The molecule has 0 aliphatic heterocycles. The monoisotopic (exact) mass is 341 g/mol. The summed E-state index contributed by atoms with van der Waals surface area (Å²) in [6.45, 7) is 3.88. The second-order valence-corrected chi connectivity index (χ2v) is 5.72. The largest absolute Gasteiger partial charge is 0.446 e. The summed E-state index contributed by atoms with van der Waals surface area (Å²) in [7, 11) is 0. The fourth-order valence-corrected chi connectivity index (χ4v) is 1.91. The first-order valence-electron chi connectivity index (χ1n) is 7.34. The lowest BCUT2D eigenvalue weighted by Gasteiger charge is -2.10. The number of nitrogens with zero attached hydrogens (tertiary/aromatic N) is 1. The molecule has 1 unspecified atom stereocenters. The molecule has 0 radical (unpaired) electrons. The third kappa shape index (κ3) is 4.35. The Balaban J connectivity index is 1.96. The zero-order chi connectivity index (χ0) is 17.9. The zero-order valence-corrected chi connectivity index (χ0v) is 13.2. The van der Waals surface area contributed by atoms with Crippen LogP contribution in [0.3, 0.4) is 0 Å². The Hall–Kier alpha value is -2.35. The van der Waals surface area contributed by atoms with Crippen molar-refractivity contribution >= 4 is 5.91 Å². The van der Waals surface area contributed by atoms with Crippen LogP contribution in [0.5, 0.6) is 0 Å². The maximum Gasteiger partial charge on any atom is 0.416 e. The summed E-state index contributed by atoms with van der Waals surface area (Å²) in [5.41, 5.74) is 5.77. The van der Waals surface area contributed by atoms with E-state index in [1.165, 1.54) is 18.4 Å². The lowest BCUT2D eigenvalue weighted by molar-refractivity contribution is -0.137. The lowest BCUT2D eigenvalue weighted by atomic mass is 10.1. The standard InChI is InChI=1S/C16H18F3N3O2/c1-9(2)13(20)15-22-12(8-24-15)14(23)21-7-10-3-5-11(6-4-10)16(17,18)19/h3-6,8-9,13H,7,20H2,1-2H3,(H,21,23). The number of amides is 1. The third-order valence-electron chi connectivity index (χ3n) is 3.49. The summed E-state index contributed by atoms with van der Waals surface area (Å²) >= 11 is 0. The van der Waals surface area contributed by atoms with Gasteiger partial charge in [-0.05, 0) is 23.6 Å². The first-order chi connectivity index (χ1) is 11.2. The number of nitrogens with two attached hydrogens (primary N) is 1. The highest BCUT2D eigenvalue weighted by atomic mass is 19.4. The molecule has 0 aliphatic carbocycles. The third-order valence-corrected chi connectivity index (χ3v) is 3.49. The molecule has 1 heterocycles. The molecule has 1 amide bonds. The molecule has 3 N–H and O–H groups in total. The maximum absolute atomic E-state index is 12.5. The number of benzene rings is 1. The average molecular weight is 341 g/mol. The van der Waals surface area contributed by atoms with Crippen molar-refractivity contribution in [3.8, 4) is 0 Å². The molecule has 8 heteroatoms. The SMILES string of the molecule is CC(C)C(N)c1nc(C(=O)NCc2ccc(C(F)(F)F)cc2)co1. The van der Waals surface area contributed by atoms with Crippen LogP contribution >= 0.6 is 0 Å². The minimum absolute atomic E-state index is 0.0769. The predicted octanol–water partition coefficient (Wildman–Crippen LogP) is 3.28. The van der Waals surface area contributed by atoms with Crippen LogP contribution in [0, 0.1) is 5.92 Å². The van der Waals surface area contributed by atoms with Gasteiger partial charge in [0.1, 0.15) is 6.26 Å². The summed E-state index contributed by atoms with van der Waals surface area (Å²) in [5.74, 6) is -0.114. The van der Waals surface area contributed by atoms with Crippen molar-refractivity contribution in [2.45, 2.75) is 32.6 Å². The fraction of sp³-hybridized carbons (Fsp3) is 0.375. The van der Waals surface area contributed by atoms with Gasteiger partial charge < -0.3 is 15.5 Å². The van der Waals surface area contributed by atoms with Gasteiger partial charge in [0.25, 0.3) is 5.91 Å². The van der Waals surface area contributed by atoms with Crippen molar-refractivity contribution in [2.24, 2.45) is 11.7 Å². The van der Waals surface area contributed by atoms with E-state index in [1.54, 1.807) is 0 Å². The Labute approximate surface area is 137 Å². The Morgan fingerprint density at radius 3 is 2.46 bits per heavy atom. The molecule has 24 heavy (non-hydrogen) atoms. The second-order valence-electron chi connectivity index (χ2n) is 5.72. The van der Waals surface area contributed by atoms with Gasteiger partial charge in [-0.25, -0.2) is 4.98 Å². The van der Waals surface area contributed by atoms with Gasteiger partial charge in [-0.15, -0.1) is 0 Å². The predicted molar refractivity (Wildman–Crippen MR) is 80.9 cm³/mol. The summed E-state index contributed by atoms with van der Waals surface area (Å²) in [4.78, 5) is 16.0. The van der Waals surface area contributed by atoms with Crippen LogP contribution in [0.4, 0.5) is 13.2 Å².